The lowest BCUT2D eigenvalue weighted by Crippen LogP contribution is -2.40. The van der Waals surface area contributed by atoms with Crippen molar-refractivity contribution in [2.75, 3.05) is 19.7 Å². The molecule has 0 aliphatic heterocycles. The molecular weight excluding hydrogens is 314 g/mol. The van der Waals surface area contributed by atoms with E-state index < -0.39 is 5.92 Å². The number of carbonyl (C=O) groups is 1. The standard InChI is InChI=1S/C20H31N3O2/c1-15(22)19(13-21)20(24)23-14-17-9-7-16(8-10-17)11-12-25-18-5-3-2-4-6-18/h2-6,16-17,19H,1,7-14,21-22H2,(H,23,24). The summed E-state index contributed by atoms with van der Waals surface area (Å²) in [6, 6.07) is 9.95. The molecule has 5 N–H and O–H groups in total. The molecule has 1 fully saturated rings. The maximum Gasteiger partial charge on any atom is 0.230 e. The van der Waals surface area contributed by atoms with E-state index in [0.717, 1.165) is 37.5 Å². The zero-order chi connectivity index (χ0) is 18.1. The summed E-state index contributed by atoms with van der Waals surface area (Å²) in [4.78, 5) is 12.1. The molecule has 1 aliphatic carbocycles. The summed E-state index contributed by atoms with van der Waals surface area (Å²) in [6.07, 6.45) is 5.78. The summed E-state index contributed by atoms with van der Waals surface area (Å²) < 4.78 is 5.79. The van der Waals surface area contributed by atoms with E-state index in [-0.39, 0.29) is 12.5 Å². The Balaban J connectivity index is 1.61. The third-order valence-corrected chi connectivity index (χ3v) is 5.07. The van der Waals surface area contributed by atoms with Gasteiger partial charge in [0.05, 0.1) is 12.5 Å². The second kappa shape index (κ2) is 10.1. The van der Waals surface area contributed by atoms with E-state index in [1.54, 1.807) is 0 Å². The molecule has 138 valence electrons. The highest BCUT2D eigenvalue weighted by Gasteiger charge is 2.23. The molecule has 1 aliphatic rings. The maximum atomic E-state index is 12.1. The number of carbonyl (C=O) groups excluding carboxylic acids is 1. The van der Waals surface area contributed by atoms with Crippen LogP contribution in [-0.4, -0.2) is 25.6 Å². The first-order chi connectivity index (χ1) is 12.1. The smallest absolute Gasteiger partial charge is 0.230 e. The monoisotopic (exact) mass is 345 g/mol. The van der Waals surface area contributed by atoms with Gasteiger partial charge in [-0.15, -0.1) is 0 Å². The molecule has 5 nitrogen and oxygen atoms in total. The van der Waals surface area contributed by atoms with E-state index in [1.807, 2.05) is 30.3 Å². The van der Waals surface area contributed by atoms with E-state index in [0.29, 0.717) is 18.2 Å². The fraction of sp³-hybridized carbons (Fsp3) is 0.550. The number of hydrogen-bond donors (Lipinski definition) is 3. The van der Waals surface area contributed by atoms with E-state index >= 15 is 0 Å². The topological polar surface area (TPSA) is 90.4 Å². The van der Waals surface area contributed by atoms with Crippen LogP contribution in [0, 0.1) is 17.8 Å². The molecule has 2 rings (SSSR count). The van der Waals surface area contributed by atoms with E-state index in [4.69, 9.17) is 16.2 Å². The first kappa shape index (κ1) is 19.3. The number of rotatable bonds is 9. The third-order valence-electron chi connectivity index (χ3n) is 5.07. The number of ether oxygens (including phenoxy) is 1. The normalized spacial score (nSPS) is 21.3. The van der Waals surface area contributed by atoms with Gasteiger partial charge in [0.2, 0.25) is 5.91 Å². The summed E-state index contributed by atoms with van der Waals surface area (Å²) in [7, 11) is 0. The van der Waals surface area contributed by atoms with Crippen molar-refractivity contribution in [1.82, 2.24) is 5.32 Å². The van der Waals surface area contributed by atoms with Gasteiger partial charge in [-0.05, 0) is 56.1 Å². The van der Waals surface area contributed by atoms with E-state index in [1.165, 1.54) is 12.8 Å². The first-order valence-corrected chi connectivity index (χ1v) is 9.20. The van der Waals surface area contributed by atoms with Gasteiger partial charge in [-0.2, -0.15) is 0 Å². The summed E-state index contributed by atoms with van der Waals surface area (Å²) in [5.74, 6) is 1.62. The van der Waals surface area contributed by atoms with Crippen LogP contribution in [0.3, 0.4) is 0 Å². The van der Waals surface area contributed by atoms with Gasteiger partial charge in [0.25, 0.3) is 0 Å². The van der Waals surface area contributed by atoms with Crippen molar-refractivity contribution < 1.29 is 9.53 Å². The van der Waals surface area contributed by atoms with Crippen LogP contribution in [0.25, 0.3) is 0 Å². The molecule has 1 aromatic carbocycles. The summed E-state index contributed by atoms with van der Waals surface area (Å²) in [6.45, 7) is 5.31. The molecule has 0 spiro atoms. The number of benzene rings is 1. The minimum absolute atomic E-state index is 0.103. The molecule has 1 saturated carbocycles. The highest BCUT2D eigenvalue weighted by Crippen LogP contribution is 2.30. The lowest BCUT2D eigenvalue weighted by atomic mass is 9.80. The van der Waals surface area contributed by atoms with Crippen molar-refractivity contribution in [3.8, 4) is 5.75 Å². The molecule has 25 heavy (non-hydrogen) atoms. The van der Waals surface area contributed by atoms with Gasteiger partial charge < -0.3 is 21.5 Å². The van der Waals surface area contributed by atoms with Gasteiger partial charge in [-0.1, -0.05) is 24.8 Å². The van der Waals surface area contributed by atoms with Gasteiger partial charge in [0.1, 0.15) is 5.75 Å². The Morgan fingerprint density at radius 1 is 1.20 bits per heavy atom. The zero-order valence-corrected chi connectivity index (χ0v) is 15.0. The number of nitrogens with one attached hydrogen (secondary N) is 1. The molecule has 1 amide bonds. The van der Waals surface area contributed by atoms with Crippen molar-refractivity contribution in [3.05, 3.63) is 42.6 Å². The lowest BCUT2D eigenvalue weighted by molar-refractivity contribution is -0.123. The van der Waals surface area contributed by atoms with Crippen LogP contribution in [0.15, 0.2) is 42.6 Å². The van der Waals surface area contributed by atoms with Crippen molar-refractivity contribution in [1.29, 1.82) is 0 Å². The number of hydrogen-bond acceptors (Lipinski definition) is 4. The average molecular weight is 345 g/mol. The molecule has 5 heteroatoms. The summed E-state index contributed by atoms with van der Waals surface area (Å²) in [5, 5.41) is 2.98. The zero-order valence-electron chi connectivity index (χ0n) is 15.0. The van der Waals surface area contributed by atoms with Crippen LogP contribution < -0.4 is 21.5 Å². The molecular formula is C20H31N3O2. The molecule has 1 unspecified atom stereocenters. The van der Waals surface area contributed by atoms with Crippen molar-refractivity contribution in [3.63, 3.8) is 0 Å². The number of nitrogens with two attached hydrogens (primary N) is 2. The SMILES string of the molecule is C=C(N)C(CN)C(=O)NCC1CCC(CCOc2ccccc2)CC1. The molecule has 0 bridgehead atoms. The Hall–Kier alpha value is -2.01. The second-order valence-corrected chi connectivity index (χ2v) is 6.95. The van der Waals surface area contributed by atoms with Gasteiger partial charge in [-0.25, -0.2) is 0 Å². The van der Waals surface area contributed by atoms with Crippen LogP contribution in [0.1, 0.15) is 32.1 Å². The van der Waals surface area contributed by atoms with Crippen molar-refractivity contribution in [2.45, 2.75) is 32.1 Å². The predicted octanol–water partition coefficient (Wildman–Crippen LogP) is 2.43. The third kappa shape index (κ3) is 6.42. The van der Waals surface area contributed by atoms with Crippen molar-refractivity contribution in [2.24, 2.45) is 29.2 Å². The fourth-order valence-corrected chi connectivity index (χ4v) is 3.38. The highest BCUT2D eigenvalue weighted by atomic mass is 16.5. The fourth-order valence-electron chi connectivity index (χ4n) is 3.38. The van der Waals surface area contributed by atoms with Crippen molar-refractivity contribution >= 4 is 5.91 Å². The Kier molecular flexibility index (Phi) is 7.79. The molecule has 0 aromatic heterocycles. The molecule has 1 aromatic rings. The summed E-state index contributed by atoms with van der Waals surface area (Å²) in [5.41, 5.74) is 11.5. The molecule has 0 heterocycles. The van der Waals surface area contributed by atoms with Crippen LogP contribution in [-0.2, 0) is 4.79 Å². The van der Waals surface area contributed by atoms with E-state index in [9.17, 15) is 4.79 Å². The van der Waals surface area contributed by atoms with Crippen LogP contribution >= 0.6 is 0 Å². The Morgan fingerprint density at radius 3 is 2.44 bits per heavy atom. The van der Waals surface area contributed by atoms with Gasteiger partial charge >= 0.3 is 0 Å². The Bertz CT molecular complexity index is 539. The number of para-hydroxylation sites is 1. The maximum absolute atomic E-state index is 12.1. The largest absolute Gasteiger partial charge is 0.494 e. The first-order valence-electron chi connectivity index (χ1n) is 9.20. The predicted molar refractivity (Wildman–Crippen MR) is 101 cm³/mol. The highest BCUT2D eigenvalue weighted by molar-refractivity contribution is 5.81. The van der Waals surface area contributed by atoms with Gasteiger partial charge in [0, 0.05) is 18.8 Å². The Morgan fingerprint density at radius 2 is 1.84 bits per heavy atom. The van der Waals surface area contributed by atoms with Crippen LogP contribution in [0.2, 0.25) is 0 Å². The molecule has 0 radical (unpaired) electrons. The quantitative estimate of drug-likeness (QED) is 0.641. The van der Waals surface area contributed by atoms with Gasteiger partial charge in [-0.3, -0.25) is 4.79 Å². The molecule has 1 atom stereocenters. The minimum Gasteiger partial charge on any atom is -0.494 e. The van der Waals surface area contributed by atoms with Crippen LogP contribution in [0.4, 0.5) is 0 Å². The van der Waals surface area contributed by atoms with Gasteiger partial charge in [0.15, 0.2) is 0 Å². The minimum atomic E-state index is -0.480. The Labute approximate surface area is 150 Å². The second-order valence-electron chi connectivity index (χ2n) is 6.95. The lowest BCUT2D eigenvalue weighted by Gasteiger charge is -2.29. The summed E-state index contributed by atoms with van der Waals surface area (Å²) >= 11 is 0. The van der Waals surface area contributed by atoms with Crippen LogP contribution in [0.5, 0.6) is 5.75 Å². The molecule has 0 saturated heterocycles. The van der Waals surface area contributed by atoms with E-state index in [2.05, 4.69) is 11.9 Å². The average Bonchev–Trinajstić information content (AvgIpc) is 2.62. The number of amides is 1.